The number of ether oxygens (including phenoxy) is 2. The van der Waals surface area contributed by atoms with Crippen LogP contribution in [-0.4, -0.2) is 26.7 Å². The number of methoxy groups -OCH3 is 2. The summed E-state index contributed by atoms with van der Waals surface area (Å²) in [6.07, 6.45) is 3.55. The van der Waals surface area contributed by atoms with E-state index >= 15 is 0 Å². The topological polar surface area (TPSA) is 47.6 Å². The SMILES string of the molecule is COC(=O)c1ccc([C@@H]2CCCCN2)c(OC)c1. The highest BCUT2D eigenvalue weighted by Crippen LogP contribution is 2.31. The molecule has 0 bridgehead atoms. The van der Waals surface area contributed by atoms with Gasteiger partial charge in [-0.15, -0.1) is 0 Å². The van der Waals surface area contributed by atoms with E-state index < -0.39 is 0 Å². The molecule has 1 aromatic rings. The second-order valence-electron chi connectivity index (χ2n) is 4.45. The number of piperidine rings is 1. The van der Waals surface area contributed by atoms with Crippen LogP contribution in [-0.2, 0) is 4.74 Å². The van der Waals surface area contributed by atoms with Gasteiger partial charge in [0.15, 0.2) is 0 Å². The molecule has 1 aliphatic rings. The lowest BCUT2D eigenvalue weighted by atomic mass is 9.96. The fourth-order valence-corrected chi connectivity index (χ4v) is 2.36. The van der Waals surface area contributed by atoms with Crippen LogP contribution in [0.15, 0.2) is 18.2 Å². The fraction of sp³-hybridized carbons (Fsp3) is 0.500. The van der Waals surface area contributed by atoms with Crippen molar-refractivity contribution in [3.8, 4) is 5.75 Å². The van der Waals surface area contributed by atoms with E-state index in [9.17, 15) is 4.79 Å². The maximum absolute atomic E-state index is 11.5. The minimum Gasteiger partial charge on any atom is -0.496 e. The molecule has 1 heterocycles. The third-order valence-corrected chi connectivity index (χ3v) is 3.34. The van der Waals surface area contributed by atoms with Gasteiger partial charge in [-0.3, -0.25) is 0 Å². The van der Waals surface area contributed by atoms with Gasteiger partial charge in [-0.05, 0) is 31.5 Å². The molecule has 4 heteroatoms. The van der Waals surface area contributed by atoms with Crippen LogP contribution in [0.4, 0.5) is 0 Å². The van der Waals surface area contributed by atoms with Crippen molar-refractivity contribution in [1.82, 2.24) is 5.32 Å². The van der Waals surface area contributed by atoms with Gasteiger partial charge in [-0.2, -0.15) is 0 Å². The lowest BCUT2D eigenvalue weighted by Crippen LogP contribution is -2.27. The van der Waals surface area contributed by atoms with Crippen LogP contribution in [0.1, 0.15) is 41.2 Å². The molecule has 1 N–H and O–H groups in total. The summed E-state index contributed by atoms with van der Waals surface area (Å²) in [5.74, 6) is 0.411. The summed E-state index contributed by atoms with van der Waals surface area (Å²) in [6.45, 7) is 1.03. The maximum Gasteiger partial charge on any atom is 0.337 e. The average molecular weight is 249 g/mol. The Labute approximate surface area is 107 Å². The Bertz CT molecular complexity index is 425. The van der Waals surface area contributed by atoms with Crippen molar-refractivity contribution in [2.45, 2.75) is 25.3 Å². The van der Waals surface area contributed by atoms with Gasteiger partial charge in [0.1, 0.15) is 5.75 Å². The monoisotopic (exact) mass is 249 g/mol. The van der Waals surface area contributed by atoms with Crippen LogP contribution < -0.4 is 10.1 Å². The van der Waals surface area contributed by atoms with Gasteiger partial charge < -0.3 is 14.8 Å². The van der Waals surface area contributed by atoms with Crippen molar-refractivity contribution in [2.75, 3.05) is 20.8 Å². The quantitative estimate of drug-likeness (QED) is 0.835. The lowest BCUT2D eigenvalue weighted by molar-refractivity contribution is 0.0600. The van der Waals surface area contributed by atoms with Gasteiger partial charge in [0.05, 0.1) is 19.8 Å². The van der Waals surface area contributed by atoms with Gasteiger partial charge >= 0.3 is 5.97 Å². The molecular weight excluding hydrogens is 230 g/mol. The third-order valence-electron chi connectivity index (χ3n) is 3.34. The number of rotatable bonds is 3. The zero-order valence-corrected chi connectivity index (χ0v) is 10.9. The third kappa shape index (κ3) is 2.64. The number of carbonyl (C=O) groups excluding carboxylic acids is 1. The van der Waals surface area contributed by atoms with Crippen LogP contribution in [0, 0.1) is 0 Å². The Hall–Kier alpha value is -1.55. The number of nitrogens with one attached hydrogen (secondary N) is 1. The smallest absolute Gasteiger partial charge is 0.337 e. The van der Waals surface area contributed by atoms with Crippen molar-refractivity contribution in [1.29, 1.82) is 0 Å². The standard InChI is InChI=1S/C14H19NO3/c1-17-13-9-10(14(16)18-2)6-7-11(13)12-5-3-4-8-15-12/h6-7,9,12,15H,3-5,8H2,1-2H3/t12-/m0/s1. The minimum atomic E-state index is -0.337. The molecule has 0 aliphatic carbocycles. The molecule has 1 saturated heterocycles. The first-order chi connectivity index (χ1) is 8.76. The Kier molecular flexibility index (Phi) is 4.20. The Morgan fingerprint density at radius 2 is 2.17 bits per heavy atom. The van der Waals surface area contributed by atoms with Crippen LogP contribution in [0.5, 0.6) is 5.75 Å². The van der Waals surface area contributed by atoms with Gasteiger partial charge in [-0.25, -0.2) is 4.79 Å². The first-order valence-electron chi connectivity index (χ1n) is 6.26. The Balaban J connectivity index is 2.27. The Morgan fingerprint density at radius 3 is 2.78 bits per heavy atom. The summed E-state index contributed by atoms with van der Waals surface area (Å²) in [5.41, 5.74) is 1.64. The van der Waals surface area contributed by atoms with Crippen LogP contribution in [0.3, 0.4) is 0 Å². The highest BCUT2D eigenvalue weighted by atomic mass is 16.5. The summed E-state index contributed by atoms with van der Waals surface area (Å²) in [5, 5.41) is 3.48. The van der Waals surface area contributed by atoms with E-state index in [0.29, 0.717) is 11.6 Å². The zero-order chi connectivity index (χ0) is 13.0. The first kappa shape index (κ1) is 12.9. The van der Waals surface area contributed by atoms with E-state index in [2.05, 4.69) is 5.32 Å². The molecule has 0 radical (unpaired) electrons. The number of esters is 1. The van der Waals surface area contributed by atoms with Gasteiger partial charge in [0, 0.05) is 11.6 Å². The Morgan fingerprint density at radius 1 is 1.33 bits per heavy atom. The maximum atomic E-state index is 11.5. The van der Waals surface area contributed by atoms with E-state index in [1.807, 2.05) is 6.07 Å². The van der Waals surface area contributed by atoms with Crippen molar-refractivity contribution in [3.05, 3.63) is 29.3 Å². The molecule has 98 valence electrons. The van der Waals surface area contributed by atoms with E-state index in [1.165, 1.54) is 20.0 Å². The number of hydrogen-bond acceptors (Lipinski definition) is 4. The van der Waals surface area contributed by atoms with Gasteiger partial charge in [-0.1, -0.05) is 12.5 Å². The van der Waals surface area contributed by atoms with E-state index in [1.54, 1.807) is 19.2 Å². The van der Waals surface area contributed by atoms with Crippen molar-refractivity contribution >= 4 is 5.97 Å². The first-order valence-corrected chi connectivity index (χ1v) is 6.26. The molecule has 0 saturated carbocycles. The van der Waals surface area contributed by atoms with Gasteiger partial charge in [0.25, 0.3) is 0 Å². The largest absolute Gasteiger partial charge is 0.496 e. The molecule has 1 fully saturated rings. The summed E-state index contributed by atoms with van der Waals surface area (Å²) in [6, 6.07) is 5.81. The molecule has 0 spiro atoms. The lowest BCUT2D eigenvalue weighted by Gasteiger charge is -2.25. The number of carbonyl (C=O) groups is 1. The van der Waals surface area contributed by atoms with Gasteiger partial charge in [0.2, 0.25) is 0 Å². The predicted molar refractivity (Wildman–Crippen MR) is 68.9 cm³/mol. The molecule has 18 heavy (non-hydrogen) atoms. The molecule has 0 amide bonds. The van der Waals surface area contributed by atoms with E-state index in [-0.39, 0.29) is 5.97 Å². The minimum absolute atomic E-state index is 0.320. The van der Waals surface area contributed by atoms with Crippen LogP contribution in [0.2, 0.25) is 0 Å². The summed E-state index contributed by atoms with van der Waals surface area (Å²) in [7, 11) is 3.01. The predicted octanol–water partition coefficient (Wildman–Crippen LogP) is 2.30. The van der Waals surface area contributed by atoms with E-state index in [4.69, 9.17) is 9.47 Å². The number of hydrogen-bond donors (Lipinski definition) is 1. The zero-order valence-electron chi connectivity index (χ0n) is 10.9. The molecule has 1 aromatic carbocycles. The second kappa shape index (κ2) is 5.87. The summed E-state index contributed by atoms with van der Waals surface area (Å²) < 4.78 is 10.1. The highest BCUT2D eigenvalue weighted by molar-refractivity contribution is 5.89. The van der Waals surface area contributed by atoms with Crippen molar-refractivity contribution in [3.63, 3.8) is 0 Å². The summed E-state index contributed by atoms with van der Waals surface area (Å²) in [4.78, 5) is 11.5. The molecule has 1 atom stereocenters. The summed E-state index contributed by atoms with van der Waals surface area (Å²) >= 11 is 0. The fourth-order valence-electron chi connectivity index (χ4n) is 2.36. The van der Waals surface area contributed by atoms with Crippen LogP contribution in [0.25, 0.3) is 0 Å². The average Bonchev–Trinajstić information content (AvgIpc) is 2.46. The van der Waals surface area contributed by atoms with Crippen LogP contribution >= 0.6 is 0 Å². The molecule has 0 unspecified atom stereocenters. The molecule has 1 aliphatic heterocycles. The molecular formula is C14H19NO3. The van der Waals surface area contributed by atoms with Crippen molar-refractivity contribution < 1.29 is 14.3 Å². The normalized spacial score (nSPS) is 19.3. The molecule has 2 rings (SSSR count). The van der Waals surface area contributed by atoms with Crippen molar-refractivity contribution in [2.24, 2.45) is 0 Å². The second-order valence-corrected chi connectivity index (χ2v) is 4.45. The van der Waals surface area contributed by atoms with E-state index in [0.717, 1.165) is 24.3 Å². The number of benzene rings is 1. The molecule has 0 aromatic heterocycles. The molecule has 4 nitrogen and oxygen atoms in total. The highest BCUT2D eigenvalue weighted by Gasteiger charge is 2.19.